The molecule has 1 fully saturated rings. The first-order chi connectivity index (χ1) is 8.15. The minimum Gasteiger partial charge on any atom is -0.466 e. The van der Waals surface area contributed by atoms with Crippen molar-refractivity contribution in [2.75, 3.05) is 13.7 Å². The van der Waals surface area contributed by atoms with Crippen LogP contribution in [0.4, 0.5) is 0 Å². The van der Waals surface area contributed by atoms with Crippen molar-refractivity contribution in [2.45, 2.75) is 64.3 Å². The first-order valence-electron chi connectivity index (χ1n) is 7.00. The van der Waals surface area contributed by atoms with E-state index in [9.17, 15) is 4.79 Å². The van der Waals surface area contributed by atoms with Crippen LogP contribution in [0.5, 0.6) is 0 Å². The lowest BCUT2D eigenvalue weighted by molar-refractivity contribution is -0.145. The summed E-state index contributed by atoms with van der Waals surface area (Å²) in [6.45, 7) is 4.59. The Morgan fingerprint density at radius 1 is 1.35 bits per heavy atom. The van der Waals surface area contributed by atoms with Crippen molar-refractivity contribution < 1.29 is 9.53 Å². The molecule has 0 aliphatic heterocycles. The second-order valence-electron chi connectivity index (χ2n) is 5.24. The molecule has 0 radical (unpaired) electrons. The molecule has 0 aromatic carbocycles. The number of ether oxygens (including phenoxy) is 1. The maximum atomic E-state index is 11.6. The van der Waals surface area contributed by atoms with Gasteiger partial charge in [0.05, 0.1) is 13.0 Å². The molecule has 1 aliphatic carbocycles. The van der Waals surface area contributed by atoms with Gasteiger partial charge in [0, 0.05) is 5.54 Å². The first kappa shape index (κ1) is 14.5. The highest BCUT2D eigenvalue weighted by atomic mass is 16.5. The van der Waals surface area contributed by atoms with Crippen LogP contribution in [0.25, 0.3) is 0 Å². The topological polar surface area (TPSA) is 38.3 Å². The average molecular weight is 241 g/mol. The number of hydrogen-bond donors (Lipinski definition) is 1. The van der Waals surface area contributed by atoms with E-state index in [2.05, 4.69) is 12.2 Å². The van der Waals surface area contributed by atoms with Crippen LogP contribution in [0.15, 0.2) is 0 Å². The molecule has 0 heterocycles. The molecule has 1 saturated carbocycles. The number of hydrogen-bond acceptors (Lipinski definition) is 3. The normalized spacial score (nSPS) is 29.0. The molecule has 17 heavy (non-hydrogen) atoms. The van der Waals surface area contributed by atoms with Crippen LogP contribution >= 0.6 is 0 Å². The number of nitrogens with one attached hydrogen (secondary N) is 1. The summed E-state index contributed by atoms with van der Waals surface area (Å²) in [4.78, 5) is 11.6. The Morgan fingerprint density at radius 3 is 2.47 bits per heavy atom. The fraction of sp³-hybridized carbons (Fsp3) is 0.929. The van der Waals surface area contributed by atoms with Gasteiger partial charge in [0.15, 0.2) is 0 Å². The summed E-state index contributed by atoms with van der Waals surface area (Å²) < 4.78 is 5.07. The third kappa shape index (κ3) is 4.30. The van der Waals surface area contributed by atoms with Crippen molar-refractivity contribution in [1.82, 2.24) is 5.32 Å². The predicted molar refractivity (Wildman–Crippen MR) is 69.9 cm³/mol. The SMILES string of the molecule is CCCC1CCC(CC(=O)OCC)(NC)CC1. The van der Waals surface area contributed by atoms with Crippen molar-refractivity contribution in [2.24, 2.45) is 5.92 Å². The molecule has 0 amide bonds. The van der Waals surface area contributed by atoms with Crippen molar-refractivity contribution in [3.05, 3.63) is 0 Å². The smallest absolute Gasteiger partial charge is 0.307 e. The van der Waals surface area contributed by atoms with Crippen LogP contribution in [-0.2, 0) is 9.53 Å². The molecular formula is C14H27NO2. The standard InChI is InChI=1S/C14H27NO2/c1-4-6-12-7-9-14(15-3,10-8-12)11-13(16)17-5-2/h12,15H,4-11H2,1-3H3. The second-order valence-corrected chi connectivity index (χ2v) is 5.24. The van der Waals surface area contributed by atoms with Gasteiger partial charge in [-0.3, -0.25) is 4.79 Å². The summed E-state index contributed by atoms with van der Waals surface area (Å²) in [6, 6.07) is 0. The first-order valence-corrected chi connectivity index (χ1v) is 7.00. The van der Waals surface area contributed by atoms with E-state index in [0.717, 1.165) is 18.8 Å². The minimum absolute atomic E-state index is 0.00348. The zero-order valence-corrected chi connectivity index (χ0v) is 11.6. The largest absolute Gasteiger partial charge is 0.466 e. The van der Waals surface area contributed by atoms with Crippen molar-refractivity contribution >= 4 is 5.97 Å². The summed E-state index contributed by atoms with van der Waals surface area (Å²) in [6.07, 6.45) is 7.83. The molecule has 0 aromatic heterocycles. The summed E-state index contributed by atoms with van der Waals surface area (Å²) in [5, 5.41) is 3.37. The van der Waals surface area contributed by atoms with Crippen LogP contribution in [0, 0.1) is 5.92 Å². The van der Waals surface area contributed by atoms with E-state index < -0.39 is 0 Å². The Morgan fingerprint density at radius 2 is 2.00 bits per heavy atom. The Kier molecular flexibility index (Phi) is 5.96. The maximum absolute atomic E-state index is 11.6. The quantitative estimate of drug-likeness (QED) is 0.727. The van der Waals surface area contributed by atoms with Crippen molar-refractivity contribution in [3.8, 4) is 0 Å². The molecule has 0 atom stereocenters. The molecule has 0 spiro atoms. The van der Waals surface area contributed by atoms with E-state index in [1.165, 1.54) is 25.7 Å². The number of rotatable bonds is 6. The van der Waals surface area contributed by atoms with Crippen LogP contribution in [-0.4, -0.2) is 25.2 Å². The number of carbonyl (C=O) groups is 1. The fourth-order valence-corrected chi connectivity index (χ4v) is 2.93. The van der Waals surface area contributed by atoms with E-state index >= 15 is 0 Å². The molecule has 3 nitrogen and oxygen atoms in total. The highest BCUT2D eigenvalue weighted by Gasteiger charge is 2.35. The Bertz CT molecular complexity index is 232. The Balaban J connectivity index is 2.46. The monoisotopic (exact) mass is 241 g/mol. The van der Waals surface area contributed by atoms with Gasteiger partial charge in [-0.25, -0.2) is 0 Å². The van der Waals surface area contributed by atoms with Crippen molar-refractivity contribution in [1.29, 1.82) is 0 Å². The van der Waals surface area contributed by atoms with E-state index in [-0.39, 0.29) is 11.5 Å². The zero-order valence-electron chi connectivity index (χ0n) is 11.6. The average Bonchev–Trinajstić information content (AvgIpc) is 2.32. The highest BCUT2D eigenvalue weighted by Crippen LogP contribution is 2.36. The van der Waals surface area contributed by atoms with E-state index in [1.807, 2.05) is 14.0 Å². The lowest BCUT2D eigenvalue weighted by Crippen LogP contribution is -2.47. The Labute approximate surface area is 105 Å². The molecule has 0 bridgehead atoms. The van der Waals surface area contributed by atoms with Gasteiger partial charge in [-0.15, -0.1) is 0 Å². The third-order valence-electron chi connectivity index (χ3n) is 4.08. The lowest BCUT2D eigenvalue weighted by atomic mass is 9.73. The van der Waals surface area contributed by atoms with Crippen molar-refractivity contribution in [3.63, 3.8) is 0 Å². The summed E-state index contributed by atoms with van der Waals surface area (Å²) >= 11 is 0. The molecule has 100 valence electrons. The van der Waals surface area contributed by atoms with Gasteiger partial charge >= 0.3 is 5.97 Å². The van der Waals surface area contributed by atoms with Gasteiger partial charge in [-0.05, 0) is 45.6 Å². The maximum Gasteiger partial charge on any atom is 0.307 e. The molecule has 0 aromatic rings. The molecule has 0 unspecified atom stereocenters. The fourth-order valence-electron chi connectivity index (χ4n) is 2.93. The Hall–Kier alpha value is -0.570. The summed E-state index contributed by atoms with van der Waals surface area (Å²) in [5.74, 6) is 0.805. The highest BCUT2D eigenvalue weighted by molar-refractivity contribution is 5.70. The molecule has 1 rings (SSSR count). The van der Waals surface area contributed by atoms with Gasteiger partial charge < -0.3 is 10.1 Å². The molecular weight excluding hydrogens is 214 g/mol. The molecule has 3 heteroatoms. The lowest BCUT2D eigenvalue weighted by Gasteiger charge is -2.39. The summed E-state index contributed by atoms with van der Waals surface area (Å²) in [7, 11) is 1.97. The predicted octanol–water partition coefficient (Wildman–Crippen LogP) is 2.89. The second kappa shape index (κ2) is 7.00. The van der Waals surface area contributed by atoms with Crippen LogP contribution in [0.1, 0.15) is 58.8 Å². The van der Waals surface area contributed by atoms with Gasteiger partial charge in [-0.1, -0.05) is 19.8 Å². The summed E-state index contributed by atoms with van der Waals surface area (Å²) in [5.41, 5.74) is -0.00348. The van der Waals surface area contributed by atoms with Gasteiger partial charge in [0.2, 0.25) is 0 Å². The number of carbonyl (C=O) groups excluding carboxylic acids is 1. The van der Waals surface area contributed by atoms with Crippen LogP contribution in [0.3, 0.4) is 0 Å². The van der Waals surface area contributed by atoms with Crippen LogP contribution < -0.4 is 5.32 Å². The van der Waals surface area contributed by atoms with Gasteiger partial charge in [0.25, 0.3) is 0 Å². The van der Waals surface area contributed by atoms with Crippen LogP contribution in [0.2, 0.25) is 0 Å². The third-order valence-corrected chi connectivity index (χ3v) is 4.08. The van der Waals surface area contributed by atoms with E-state index in [1.54, 1.807) is 0 Å². The zero-order chi connectivity index (χ0) is 12.7. The van der Waals surface area contributed by atoms with Gasteiger partial charge in [0.1, 0.15) is 0 Å². The minimum atomic E-state index is -0.0595. The number of esters is 1. The van der Waals surface area contributed by atoms with Gasteiger partial charge in [-0.2, -0.15) is 0 Å². The molecule has 1 aliphatic rings. The van der Waals surface area contributed by atoms with E-state index in [4.69, 9.17) is 4.74 Å². The van der Waals surface area contributed by atoms with E-state index in [0.29, 0.717) is 13.0 Å². The molecule has 1 N–H and O–H groups in total. The molecule has 0 saturated heterocycles.